The fraction of sp³-hybridized carbons (Fsp3) is 0.172. The molecule has 0 fully saturated rings. The van der Waals surface area contributed by atoms with Crippen molar-refractivity contribution in [2.45, 2.75) is 19.9 Å². The number of benzene rings is 2. The van der Waals surface area contributed by atoms with E-state index in [4.69, 9.17) is 30.2 Å². The van der Waals surface area contributed by atoms with E-state index in [9.17, 15) is 14.4 Å². The minimum atomic E-state index is -0.874. The summed E-state index contributed by atoms with van der Waals surface area (Å²) in [5.74, 6) is 0.342. The van der Waals surface area contributed by atoms with Crippen LogP contribution in [0, 0.1) is 0 Å². The van der Waals surface area contributed by atoms with E-state index >= 15 is 0 Å². The summed E-state index contributed by atoms with van der Waals surface area (Å²) in [6.07, 6.45) is 1.63. The van der Waals surface area contributed by atoms with Gasteiger partial charge >= 0.3 is 11.9 Å². The van der Waals surface area contributed by atoms with Crippen molar-refractivity contribution in [2.24, 2.45) is 4.99 Å². The Morgan fingerprint density at radius 1 is 1.10 bits per heavy atom. The van der Waals surface area contributed by atoms with Gasteiger partial charge in [-0.2, -0.15) is 0 Å². The average Bonchev–Trinajstić information content (AvgIpc) is 3.51. The first-order chi connectivity index (χ1) is 19.2. The molecule has 204 valence electrons. The van der Waals surface area contributed by atoms with Gasteiger partial charge in [0.1, 0.15) is 11.5 Å². The molecule has 2 aromatic carbocycles. The number of hydrogen-bond acceptors (Lipinski definition) is 9. The smallest absolute Gasteiger partial charge is 0.338 e. The maximum atomic E-state index is 13.8. The molecule has 0 saturated carbocycles. The van der Waals surface area contributed by atoms with Crippen molar-refractivity contribution in [3.8, 4) is 22.8 Å². The van der Waals surface area contributed by atoms with Crippen LogP contribution in [-0.4, -0.2) is 30.7 Å². The monoisotopic (exact) mass is 578 g/mol. The molecule has 0 spiro atoms. The number of methoxy groups -OCH3 is 2. The molecule has 0 radical (unpaired) electrons. The highest BCUT2D eigenvalue weighted by molar-refractivity contribution is 7.07. The molecule has 11 heteroatoms. The molecule has 0 amide bonds. The molecule has 0 bridgehead atoms. The summed E-state index contributed by atoms with van der Waals surface area (Å²) in [6.45, 7) is 2.96. The Bertz CT molecular complexity index is 1870. The van der Waals surface area contributed by atoms with Crippen LogP contribution in [-0.2, 0) is 14.3 Å². The molecule has 0 saturated heterocycles. The van der Waals surface area contributed by atoms with Gasteiger partial charge in [-0.15, -0.1) is 0 Å². The molecule has 0 N–H and O–H groups in total. The third-order valence-electron chi connectivity index (χ3n) is 6.22. The number of halogens is 1. The highest BCUT2D eigenvalue weighted by Crippen LogP contribution is 2.36. The van der Waals surface area contributed by atoms with E-state index in [1.807, 2.05) is 18.2 Å². The predicted octanol–water partition coefficient (Wildman–Crippen LogP) is 4.26. The van der Waals surface area contributed by atoms with E-state index in [2.05, 4.69) is 4.99 Å². The zero-order chi connectivity index (χ0) is 28.6. The zero-order valence-electron chi connectivity index (χ0n) is 21.9. The van der Waals surface area contributed by atoms with E-state index < -0.39 is 18.0 Å². The highest BCUT2D eigenvalue weighted by Gasteiger charge is 2.33. The van der Waals surface area contributed by atoms with Gasteiger partial charge in [-0.05, 0) is 48.9 Å². The minimum Gasteiger partial charge on any atom is -0.493 e. The van der Waals surface area contributed by atoms with E-state index in [1.54, 1.807) is 49.4 Å². The molecule has 2 aromatic heterocycles. The number of hydrogen-bond donors (Lipinski definition) is 0. The Hall–Kier alpha value is -4.41. The summed E-state index contributed by atoms with van der Waals surface area (Å²) < 4.78 is 23.5. The summed E-state index contributed by atoms with van der Waals surface area (Å²) in [5, 5.41) is 0.545. The van der Waals surface area contributed by atoms with Crippen molar-refractivity contribution < 1.29 is 28.2 Å². The molecular weight excluding hydrogens is 556 g/mol. The summed E-state index contributed by atoms with van der Waals surface area (Å²) in [4.78, 5) is 43.2. The second-order valence-corrected chi connectivity index (χ2v) is 10.2. The van der Waals surface area contributed by atoms with E-state index in [-0.39, 0.29) is 22.6 Å². The molecule has 5 rings (SSSR count). The Morgan fingerprint density at radius 3 is 2.58 bits per heavy atom. The van der Waals surface area contributed by atoms with Crippen molar-refractivity contribution >= 4 is 41.0 Å². The van der Waals surface area contributed by atoms with Gasteiger partial charge in [0.15, 0.2) is 16.3 Å². The Labute approximate surface area is 237 Å². The largest absolute Gasteiger partial charge is 0.493 e. The van der Waals surface area contributed by atoms with Crippen molar-refractivity contribution in [3.05, 3.63) is 102 Å². The maximum Gasteiger partial charge on any atom is 0.338 e. The van der Waals surface area contributed by atoms with Gasteiger partial charge in [0.05, 0.1) is 41.1 Å². The zero-order valence-corrected chi connectivity index (χ0v) is 23.5. The topological polar surface area (TPSA) is 109 Å². The Balaban J connectivity index is 1.66. The number of rotatable bonds is 6. The summed E-state index contributed by atoms with van der Waals surface area (Å²) >= 11 is 7.47. The fourth-order valence-corrected chi connectivity index (χ4v) is 5.72. The molecule has 1 aliphatic heterocycles. The van der Waals surface area contributed by atoms with Crippen LogP contribution in [0.5, 0.6) is 11.5 Å². The van der Waals surface area contributed by atoms with Gasteiger partial charge in [0.2, 0.25) is 0 Å². The maximum absolute atomic E-state index is 13.8. The molecule has 1 unspecified atom stereocenters. The van der Waals surface area contributed by atoms with Crippen LogP contribution in [0.15, 0.2) is 80.1 Å². The number of aromatic nitrogens is 1. The fourth-order valence-electron chi connectivity index (χ4n) is 4.47. The third-order valence-corrected chi connectivity index (χ3v) is 7.54. The normalized spacial score (nSPS) is 14.9. The lowest BCUT2D eigenvalue weighted by molar-refractivity contribution is -0.136. The lowest BCUT2D eigenvalue weighted by Crippen LogP contribution is -2.39. The lowest BCUT2D eigenvalue weighted by atomic mass is 9.95. The van der Waals surface area contributed by atoms with E-state index in [0.717, 1.165) is 5.56 Å². The van der Waals surface area contributed by atoms with Crippen LogP contribution in [0.2, 0.25) is 5.02 Å². The van der Waals surface area contributed by atoms with Gasteiger partial charge in [0.25, 0.3) is 5.56 Å². The molecule has 0 aliphatic carbocycles. The molecule has 3 heterocycles. The molecule has 1 atom stereocenters. The second kappa shape index (κ2) is 11.0. The first kappa shape index (κ1) is 27.2. The van der Waals surface area contributed by atoms with Crippen molar-refractivity contribution in [1.29, 1.82) is 0 Å². The second-order valence-electron chi connectivity index (χ2n) is 8.76. The standard InChI is InChI=1S/C29H23ClN2O7S/c1-15-25(28(35)37-4)26(17-9-11-22(38-16(2)33)23(13-17)36-3)32-27(34)24(40-29(32)31-15)14-18-10-12-21(39-18)19-7-5-6-8-20(19)30/h5-14,26H,1-4H3. The summed E-state index contributed by atoms with van der Waals surface area (Å²) in [7, 11) is 2.70. The summed E-state index contributed by atoms with van der Waals surface area (Å²) in [5.41, 5.74) is 1.50. The van der Waals surface area contributed by atoms with Gasteiger partial charge in [-0.25, -0.2) is 9.79 Å². The number of esters is 2. The number of furan rings is 1. The molecule has 1 aliphatic rings. The van der Waals surface area contributed by atoms with Gasteiger partial charge in [0, 0.05) is 18.6 Å². The van der Waals surface area contributed by atoms with Crippen LogP contribution in [0.1, 0.15) is 31.2 Å². The highest BCUT2D eigenvalue weighted by atomic mass is 35.5. The van der Waals surface area contributed by atoms with Crippen molar-refractivity contribution in [3.63, 3.8) is 0 Å². The van der Waals surface area contributed by atoms with Crippen LogP contribution >= 0.6 is 22.9 Å². The number of carbonyl (C=O) groups excluding carboxylic acids is 2. The average molecular weight is 579 g/mol. The molecule has 9 nitrogen and oxygen atoms in total. The SMILES string of the molecule is COC(=O)C1=C(C)N=c2sc(=Cc3ccc(-c4ccccc4Cl)o3)c(=O)n2C1c1ccc(OC(C)=O)c(OC)c1. The molecule has 40 heavy (non-hydrogen) atoms. The number of thiazole rings is 1. The van der Waals surface area contributed by atoms with Crippen LogP contribution in [0.25, 0.3) is 17.4 Å². The van der Waals surface area contributed by atoms with Crippen molar-refractivity contribution in [2.75, 3.05) is 14.2 Å². The lowest BCUT2D eigenvalue weighted by Gasteiger charge is -2.25. The van der Waals surface area contributed by atoms with Crippen LogP contribution < -0.4 is 24.4 Å². The number of carbonyl (C=O) groups is 2. The summed E-state index contributed by atoms with van der Waals surface area (Å²) in [6, 6.07) is 14.8. The number of fused-ring (bicyclic) bond motifs is 1. The van der Waals surface area contributed by atoms with Crippen molar-refractivity contribution in [1.82, 2.24) is 4.57 Å². The Morgan fingerprint density at radius 2 is 1.88 bits per heavy atom. The van der Waals surface area contributed by atoms with Gasteiger partial charge in [-0.3, -0.25) is 14.2 Å². The minimum absolute atomic E-state index is 0.197. The van der Waals surface area contributed by atoms with E-state index in [0.29, 0.717) is 37.1 Å². The Kier molecular flexibility index (Phi) is 7.46. The predicted molar refractivity (Wildman–Crippen MR) is 149 cm³/mol. The van der Waals surface area contributed by atoms with Crippen LogP contribution in [0.4, 0.5) is 0 Å². The first-order valence-electron chi connectivity index (χ1n) is 12.0. The molecule has 4 aromatic rings. The number of allylic oxidation sites excluding steroid dienone is 1. The number of ether oxygens (including phenoxy) is 3. The molecular formula is C29H23ClN2O7S. The first-order valence-corrected chi connectivity index (χ1v) is 13.2. The van der Waals surface area contributed by atoms with Gasteiger partial charge < -0.3 is 18.6 Å². The number of nitrogens with zero attached hydrogens (tertiary/aromatic N) is 2. The van der Waals surface area contributed by atoms with E-state index in [1.165, 1.54) is 37.0 Å². The third kappa shape index (κ3) is 4.99. The van der Waals surface area contributed by atoms with Gasteiger partial charge in [-0.1, -0.05) is 41.1 Å². The van der Waals surface area contributed by atoms with Crippen LogP contribution in [0.3, 0.4) is 0 Å². The quantitative estimate of drug-likeness (QED) is 0.248.